The van der Waals surface area contributed by atoms with Crippen molar-refractivity contribution >= 4 is 11.4 Å². The van der Waals surface area contributed by atoms with E-state index in [1.54, 1.807) is 24.3 Å². The Labute approximate surface area is 179 Å². The maximum Gasteiger partial charge on any atom is 0.280 e. The van der Waals surface area contributed by atoms with E-state index < -0.39 is 0 Å². The van der Waals surface area contributed by atoms with Gasteiger partial charge in [0.25, 0.3) is 5.69 Å². The summed E-state index contributed by atoms with van der Waals surface area (Å²) in [5.41, 5.74) is 3.82. The van der Waals surface area contributed by atoms with Gasteiger partial charge in [-0.25, -0.2) is 9.97 Å². The number of aliphatic imine (C=N–C) groups is 1. The highest BCUT2D eigenvalue weighted by Crippen LogP contribution is 2.31. The number of hydrogen-bond donors (Lipinski definition) is 0. The van der Waals surface area contributed by atoms with Gasteiger partial charge in [-0.15, -0.1) is 0 Å². The normalized spacial score (nSPS) is 16.6. The summed E-state index contributed by atoms with van der Waals surface area (Å²) in [6.07, 6.45) is 6.06. The van der Waals surface area contributed by atoms with E-state index in [0.29, 0.717) is 17.9 Å². The Hall–Kier alpha value is -3.39. The smallest absolute Gasteiger partial charge is 0.280 e. The molecule has 0 aliphatic carbocycles. The molecule has 1 aromatic carbocycles. The monoisotopic (exact) mass is 417 g/mol. The van der Waals surface area contributed by atoms with Crippen molar-refractivity contribution in [3.05, 3.63) is 75.6 Å². The van der Waals surface area contributed by atoms with Crippen LogP contribution < -0.4 is 0 Å². The summed E-state index contributed by atoms with van der Waals surface area (Å²) in [5, 5.41) is 11.3. The molecule has 0 fully saturated rings. The van der Waals surface area contributed by atoms with Crippen molar-refractivity contribution < 1.29 is 9.34 Å². The van der Waals surface area contributed by atoms with Crippen LogP contribution in [-0.4, -0.2) is 38.6 Å². The summed E-state index contributed by atoms with van der Waals surface area (Å²) >= 11 is 0. The quantitative estimate of drug-likeness (QED) is 0.456. The molecule has 4 heterocycles. The van der Waals surface area contributed by atoms with Gasteiger partial charge in [-0.2, -0.15) is 0 Å². The van der Waals surface area contributed by atoms with E-state index in [-0.39, 0.29) is 10.6 Å². The van der Waals surface area contributed by atoms with Crippen LogP contribution in [-0.2, 0) is 19.5 Å². The molecule has 0 saturated heterocycles. The Morgan fingerprint density at radius 2 is 2.03 bits per heavy atom. The highest BCUT2D eigenvalue weighted by molar-refractivity contribution is 5.97. The second-order valence-electron chi connectivity index (χ2n) is 7.95. The Morgan fingerprint density at radius 1 is 1.13 bits per heavy atom. The lowest BCUT2D eigenvalue weighted by Crippen LogP contribution is -2.31. The van der Waals surface area contributed by atoms with Crippen LogP contribution >= 0.6 is 0 Å². The molecular formula is C23H23N5O3. The highest BCUT2D eigenvalue weighted by atomic mass is 16.6. The van der Waals surface area contributed by atoms with E-state index in [9.17, 15) is 10.1 Å². The summed E-state index contributed by atoms with van der Waals surface area (Å²) in [6.45, 7) is 3.14. The zero-order valence-electron chi connectivity index (χ0n) is 17.2. The fraction of sp³-hybridized carbons (Fsp3) is 0.348. The average Bonchev–Trinajstić information content (AvgIpc) is 3.27. The summed E-state index contributed by atoms with van der Waals surface area (Å²) in [6, 6.07) is 10.3. The molecule has 0 amide bonds. The third kappa shape index (κ3) is 4.11. The van der Waals surface area contributed by atoms with Gasteiger partial charge in [0.2, 0.25) is 0 Å². The maximum absolute atomic E-state index is 11.3. The van der Waals surface area contributed by atoms with Crippen LogP contribution in [0.5, 0.6) is 0 Å². The summed E-state index contributed by atoms with van der Waals surface area (Å²) in [4.78, 5) is 27.2. The lowest BCUT2D eigenvalue weighted by atomic mass is 10.1. The van der Waals surface area contributed by atoms with Crippen molar-refractivity contribution in [2.24, 2.45) is 4.99 Å². The molecule has 0 radical (unpaired) electrons. The van der Waals surface area contributed by atoms with Crippen molar-refractivity contribution in [1.82, 2.24) is 14.9 Å². The number of hydrogen-bond acceptors (Lipinski definition) is 7. The van der Waals surface area contributed by atoms with E-state index in [0.717, 1.165) is 73.9 Å². The molecule has 0 unspecified atom stereocenters. The van der Waals surface area contributed by atoms with E-state index in [4.69, 9.17) is 9.40 Å². The number of nitrogens with zero attached hydrogens (tertiary/aromatic N) is 5. The summed E-state index contributed by atoms with van der Waals surface area (Å²) < 4.78 is 5.96. The Bertz CT molecular complexity index is 1150. The third-order valence-electron chi connectivity index (χ3n) is 5.80. The fourth-order valence-corrected chi connectivity index (χ4v) is 4.20. The number of furan rings is 1. The second-order valence-corrected chi connectivity index (χ2v) is 7.95. The van der Waals surface area contributed by atoms with E-state index in [1.165, 1.54) is 6.07 Å². The Balaban J connectivity index is 1.29. The number of nitro groups is 1. The van der Waals surface area contributed by atoms with Gasteiger partial charge < -0.3 is 4.42 Å². The number of nitro benzene ring substituents is 1. The molecule has 3 aromatic rings. The Kier molecular flexibility index (Phi) is 5.30. The molecule has 0 atom stereocenters. The first-order chi connectivity index (χ1) is 15.2. The number of aromatic nitrogens is 2. The van der Waals surface area contributed by atoms with Crippen molar-refractivity contribution in [3.8, 4) is 11.3 Å². The van der Waals surface area contributed by atoms with Crippen LogP contribution in [0.25, 0.3) is 11.3 Å². The van der Waals surface area contributed by atoms with Gasteiger partial charge in [-0.1, -0.05) is 12.1 Å². The van der Waals surface area contributed by atoms with Crippen LogP contribution in [0.4, 0.5) is 5.69 Å². The van der Waals surface area contributed by atoms with Gasteiger partial charge in [-0.05, 0) is 37.5 Å². The minimum absolute atomic E-state index is 0.0471. The topological polar surface area (TPSA) is 97.7 Å². The number of rotatable bonds is 5. The van der Waals surface area contributed by atoms with Gasteiger partial charge in [0.1, 0.15) is 11.5 Å². The van der Waals surface area contributed by atoms with Gasteiger partial charge in [0.15, 0.2) is 5.82 Å². The zero-order chi connectivity index (χ0) is 21.2. The Morgan fingerprint density at radius 3 is 2.87 bits per heavy atom. The van der Waals surface area contributed by atoms with Crippen molar-refractivity contribution in [3.63, 3.8) is 0 Å². The molecular weight excluding hydrogens is 394 g/mol. The summed E-state index contributed by atoms with van der Waals surface area (Å²) in [5.74, 6) is 2.08. The number of benzene rings is 1. The minimum Gasteiger partial charge on any atom is -0.459 e. The van der Waals surface area contributed by atoms with Gasteiger partial charge in [-0.3, -0.25) is 20.0 Å². The molecule has 31 heavy (non-hydrogen) atoms. The second kappa shape index (κ2) is 8.39. The molecule has 5 rings (SSSR count). The summed E-state index contributed by atoms with van der Waals surface area (Å²) in [7, 11) is 0. The number of fused-ring (bicyclic) bond motifs is 1. The van der Waals surface area contributed by atoms with Gasteiger partial charge >= 0.3 is 0 Å². The predicted octanol–water partition coefficient (Wildman–Crippen LogP) is 4.18. The van der Waals surface area contributed by atoms with E-state index in [1.807, 2.05) is 12.3 Å². The largest absolute Gasteiger partial charge is 0.459 e. The zero-order valence-corrected chi connectivity index (χ0v) is 17.2. The van der Waals surface area contributed by atoms with E-state index in [2.05, 4.69) is 14.9 Å². The van der Waals surface area contributed by atoms with Crippen LogP contribution in [0.1, 0.15) is 42.1 Å². The predicted molar refractivity (Wildman–Crippen MR) is 116 cm³/mol. The van der Waals surface area contributed by atoms with Gasteiger partial charge in [0, 0.05) is 43.9 Å². The molecule has 0 spiro atoms. The molecule has 2 aliphatic heterocycles. The van der Waals surface area contributed by atoms with Crippen molar-refractivity contribution in [2.45, 2.75) is 38.8 Å². The maximum atomic E-state index is 11.3. The third-order valence-corrected chi connectivity index (χ3v) is 5.80. The van der Waals surface area contributed by atoms with Crippen molar-refractivity contribution in [1.29, 1.82) is 0 Å². The molecule has 0 bridgehead atoms. The minimum atomic E-state index is -0.383. The SMILES string of the molecule is O=[N+]([O-])c1ccccc1-c1ccc(CN2CCc3nc(C4=NCCCC4)ncc3C2)o1. The molecule has 158 valence electrons. The van der Waals surface area contributed by atoms with Crippen LogP contribution in [0.15, 0.2) is 52.0 Å². The van der Waals surface area contributed by atoms with Gasteiger partial charge in [0.05, 0.1) is 28.4 Å². The average molecular weight is 417 g/mol. The molecule has 0 saturated carbocycles. The standard InChI is InChI=1S/C23H23N5O3/c29-28(30)21-7-2-1-5-18(21)22-9-8-17(31-22)15-27-12-10-19-16(14-27)13-25-23(26-19)20-6-3-4-11-24-20/h1-2,5,7-9,13H,3-4,6,10-12,14-15H2. The first-order valence-electron chi connectivity index (χ1n) is 10.6. The molecule has 0 N–H and O–H groups in total. The van der Waals surface area contributed by atoms with E-state index >= 15 is 0 Å². The molecule has 8 nitrogen and oxygen atoms in total. The molecule has 8 heteroatoms. The lowest BCUT2D eigenvalue weighted by molar-refractivity contribution is -0.384. The van der Waals surface area contributed by atoms with Crippen LogP contribution in [0, 0.1) is 10.1 Å². The van der Waals surface area contributed by atoms with Crippen LogP contribution in [0.3, 0.4) is 0 Å². The number of para-hydroxylation sites is 1. The lowest BCUT2D eigenvalue weighted by Gasteiger charge is -2.27. The highest BCUT2D eigenvalue weighted by Gasteiger charge is 2.22. The fourth-order valence-electron chi connectivity index (χ4n) is 4.20. The molecule has 2 aromatic heterocycles. The van der Waals surface area contributed by atoms with Crippen molar-refractivity contribution in [2.75, 3.05) is 13.1 Å². The van der Waals surface area contributed by atoms with Crippen LogP contribution in [0.2, 0.25) is 0 Å². The molecule has 2 aliphatic rings. The first-order valence-corrected chi connectivity index (χ1v) is 10.6. The first kappa shape index (κ1) is 19.6.